The monoisotopic (exact) mass is 289 g/mol. The Morgan fingerprint density at radius 2 is 1.81 bits per heavy atom. The van der Waals surface area contributed by atoms with E-state index in [-0.39, 0.29) is 18.4 Å². The standard InChI is InChI=1S/C16H23N3O2/c17-14-9-5-4-8-13(14)10-19(11-15(18)20)16(21)12-6-2-1-3-7-12/h4-5,8-9,12H,1-3,6-7,10-11,17H2,(H2,18,20). The molecule has 0 heterocycles. The van der Waals surface area contributed by atoms with E-state index in [0.717, 1.165) is 31.2 Å². The highest BCUT2D eigenvalue weighted by Gasteiger charge is 2.27. The Morgan fingerprint density at radius 3 is 2.43 bits per heavy atom. The van der Waals surface area contributed by atoms with E-state index >= 15 is 0 Å². The Morgan fingerprint density at radius 1 is 1.14 bits per heavy atom. The molecule has 2 rings (SSSR count). The van der Waals surface area contributed by atoms with Gasteiger partial charge in [0.2, 0.25) is 11.8 Å². The maximum atomic E-state index is 12.6. The molecule has 0 spiro atoms. The highest BCUT2D eigenvalue weighted by atomic mass is 16.2. The first-order valence-electron chi connectivity index (χ1n) is 7.48. The lowest BCUT2D eigenvalue weighted by molar-refractivity contribution is -0.140. The van der Waals surface area contributed by atoms with Gasteiger partial charge in [-0.15, -0.1) is 0 Å². The number of carbonyl (C=O) groups is 2. The molecule has 5 nitrogen and oxygen atoms in total. The summed E-state index contributed by atoms with van der Waals surface area (Å²) in [6.07, 6.45) is 5.14. The fraction of sp³-hybridized carbons (Fsp3) is 0.500. The predicted molar refractivity (Wildman–Crippen MR) is 82.0 cm³/mol. The van der Waals surface area contributed by atoms with E-state index < -0.39 is 5.91 Å². The summed E-state index contributed by atoms with van der Waals surface area (Å²) in [5.41, 5.74) is 12.7. The van der Waals surface area contributed by atoms with Crippen LogP contribution in [0.5, 0.6) is 0 Å². The fourth-order valence-corrected chi connectivity index (χ4v) is 2.89. The van der Waals surface area contributed by atoms with Crippen LogP contribution in [0.1, 0.15) is 37.7 Å². The number of nitrogen functional groups attached to an aromatic ring is 1. The average Bonchev–Trinajstić information content (AvgIpc) is 2.48. The third-order valence-electron chi connectivity index (χ3n) is 4.03. The number of anilines is 1. The average molecular weight is 289 g/mol. The summed E-state index contributed by atoms with van der Waals surface area (Å²) in [5.74, 6) is -0.451. The van der Waals surface area contributed by atoms with Crippen LogP contribution in [0, 0.1) is 5.92 Å². The number of amides is 2. The Hall–Kier alpha value is -2.04. The van der Waals surface area contributed by atoms with Crippen LogP contribution in [0.4, 0.5) is 5.69 Å². The topological polar surface area (TPSA) is 89.4 Å². The van der Waals surface area contributed by atoms with Gasteiger partial charge in [0.05, 0.1) is 6.54 Å². The van der Waals surface area contributed by atoms with Crippen molar-refractivity contribution in [2.75, 3.05) is 12.3 Å². The largest absolute Gasteiger partial charge is 0.398 e. The van der Waals surface area contributed by atoms with Crippen LogP contribution in [0.25, 0.3) is 0 Å². The van der Waals surface area contributed by atoms with Gasteiger partial charge in [0, 0.05) is 18.2 Å². The summed E-state index contributed by atoms with van der Waals surface area (Å²) >= 11 is 0. The first kappa shape index (κ1) is 15.4. The molecule has 5 heteroatoms. The van der Waals surface area contributed by atoms with E-state index in [1.54, 1.807) is 11.0 Å². The van der Waals surface area contributed by atoms with E-state index in [1.165, 1.54) is 6.42 Å². The van der Waals surface area contributed by atoms with Crippen LogP contribution in [0.15, 0.2) is 24.3 Å². The summed E-state index contributed by atoms with van der Waals surface area (Å²) in [6.45, 7) is 0.286. The molecule has 21 heavy (non-hydrogen) atoms. The zero-order valence-corrected chi connectivity index (χ0v) is 12.3. The summed E-state index contributed by atoms with van der Waals surface area (Å²) in [7, 11) is 0. The van der Waals surface area contributed by atoms with Crippen LogP contribution in [-0.4, -0.2) is 23.3 Å². The van der Waals surface area contributed by atoms with Gasteiger partial charge in [0.1, 0.15) is 0 Å². The smallest absolute Gasteiger partial charge is 0.237 e. The van der Waals surface area contributed by atoms with Gasteiger partial charge in [0.25, 0.3) is 0 Å². The third-order valence-corrected chi connectivity index (χ3v) is 4.03. The van der Waals surface area contributed by atoms with Crippen molar-refractivity contribution in [3.8, 4) is 0 Å². The van der Waals surface area contributed by atoms with Gasteiger partial charge >= 0.3 is 0 Å². The minimum Gasteiger partial charge on any atom is -0.398 e. The normalized spacial score (nSPS) is 15.6. The van der Waals surface area contributed by atoms with Gasteiger partial charge in [-0.1, -0.05) is 37.5 Å². The van der Waals surface area contributed by atoms with Crippen molar-refractivity contribution in [2.45, 2.75) is 38.6 Å². The number of benzene rings is 1. The van der Waals surface area contributed by atoms with Gasteiger partial charge < -0.3 is 16.4 Å². The fourth-order valence-electron chi connectivity index (χ4n) is 2.89. The lowest BCUT2D eigenvalue weighted by Crippen LogP contribution is -2.41. The second kappa shape index (κ2) is 7.11. The van der Waals surface area contributed by atoms with Crippen LogP contribution < -0.4 is 11.5 Å². The molecular formula is C16H23N3O2. The molecule has 0 aliphatic heterocycles. The lowest BCUT2D eigenvalue weighted by atomic mass is 9.88. The van der Waals surface area contributed by atoms with E-state index in [4.69, 9.17) is 11.5 Å². The predicted octanol–water partition coefficient (Wildman–Crippen LogP) is 1.66. The minimum absolute atomic E-state index is 0.0167. The summed E-state index contributed by atoms with van der Waals surface area (Å²) in [5, 5.41) is 0. The van der Waals surface area contributed by atoms with E-state index in [1.807, 2.05) is 18.2 Å². The van der Waals surface area contributed by atoms with Gasteiger partial charge in [-0.2, -0.15) is 0 Å². The number of primary amides is 1. The van der Waals surface area contributed by atoms with Crippen molar-refractivity contribution >= 4 is 17.5 Å². The van der Waals surface area contributed by atoms with Crippen LogP contribution in [-0.2, 0) is 16.1 Å². The Kier molecular flexibility index (Phi) is 5.20. The number of rotatable bonds is 5. The molecule has 1 saturated carbocycles. The SMILES string of the molecule is NC(=O)CN(Cc1ccccc1N)C(=O)C1CCCCC1. The number of para-hydroxylation sites is 1. The van der Waals surface area contributed by atoms with Gasteiger partial charge in [-0.3, -0.25) is 9.59 Å². The number of hydrogen-bond acceptors (Lipinski definition) is 3. The molecule has 0 aromatic heterocycles. The Labute approximate surface area is 125 Å². The molecule has 0 saturated heterocycles. The van der Waals surface area contributed by atoms with E-state index in [9.17, 15) is 9.59 Å². The second-order valence-electron chi connectivity index (χ2n) is 5.69. The molecule has 4 N–H and O–H groups in total. The van der Waals surface area contributed by atoms with Crippen molar-refractivity contribution in [1.29, 1.82) is 0 Å². The first-order chi connectivity index (χ1) is 10.1. The molecule has 1 aliphatic carbocycles. The Bertz CT molecular complexity index is 510. The highest BCUT2D eigenvalue weighted by molar-refractivity contribution is 5.85. The van der Waals surface area contributed by atoms with Crippen LogP contribution in [0.2, 0.25) is 0 Å². The van der Waals surface area contributed by atoms with Gasteiger partial charge in [-0.05, 0) is 24.5 Å². The third kappa shape index (κ3) is 4.21. The van der Waals surface area contributed by atoms with Crippen molar-refractivity contribution < 1.29 is 9.59 Å². The number of nitrogens with zero attached hydrogens (tertiary/aromatic N) is 1. The molecule has 1 aliphatic rings. The summed E-state index contributed by atoms with van der Waals surface area (Å²) < 4.78 is 0. The quantitative estimate of drug-likeness (QED) is 0.808. The van der Waals surface area contributed by atoms with Crippen LogP contribution >= 0.6 is 0 Å². The molecule has 1 fully saturated rings. The summed E-state index contributed by atoms with van der Waals surface area (Å²) in [6, 6.07) is 7.39. The van der Waals surface area contributed by atoms with Gasteiger partial charge in [-0.25, -0.2) is 0 Å². The molecule has 0 radical (unpaired) electrons. The molecule has 0 unspecified atom stereocenters. The molecule has 0 bridgehead atoms. The first-order valence-corrected chi connectivity index (χ1v) is 7.48. The second-order valence-corrected chi connectivity index (χ2v) is 5.69. The van der Waals surface area contributed by atoms with E-state index in [2.05, 4.69) is 0 Å². The highest BCUT2D eigenvalue weighted by Crippen LogP contribution is 2.26. The Balaban J connectivity index is 2.11. The maximum Gasteiger partial charge on any atom is 0.237 e. The van der Waals surface area contributed by atoms with Crippen molar-refractivity contribution in [1.82, 2.24) is 4.90 Å². The zero-order valence-electron chi connectivity index (χ0n) is 12.3. The van der Waals surface area contributed by atoms with Crippen molar-refractivity contribution in [3.05, 3.63) is 29.8 Å². The molecule has 114 valence electrons. The molecule has 1 aromatic carbocycles. The van der Waals surface area contributed by atoms with E-state index in [0.29, 0.717) is 12.2 Å². The maximum absolute atomic E-state index is 12.6. The lowest BCUT2D eigenvalue weighted by Gasteiger charge is -2.29. The summed E-state index contributed by atoms with van der Waals surface area (Å²) in [4.78, 5) is 25.4. The number of nitrogens with two attached hydrogens (primary N) is 2. The molecule has 1 aromatic rings. The molecular weight excluding hydrogens is 266 g/mol. The number of hydrogen-bond donors (Lipinski definition) is 2. The molecule has 2 amide bonds. The van der Waals surface area contributed by atoms with Crippen molar-refractivity contribution in [2.24, 2.45) is 11.7 Å². The van der Waals surface area contributed by atoms with Crippen molar-refractivity contribution in [3.63, 3.8) is 0 Å². The number of carbonyl (C=O) groups excluding carboxylic acids is 2. The molecule has 0 atom stereocenters. The van der Waals surface area contributed by atoms with Crippen LogP contribution in [0.3, 0.4) is 0 Å². The van der Waals surface area contributed by atoms with Gasteiger partial charge in [0.15, 0.2) is 0 Å². The zero-order chi connectivity index (χ0) is 15.2. The minimum atomic E-state index is -0.492.